The van der Waals surface area contributed by atoms with Crippen molar-refractivity contribution in [1.82, 2.24) is 14.5 Å². The predicted molar refractivity (Wildman–Crippen MR) is 94.2 cm³/mol. The lowest BCUT2D eigenvalue weighted by molar-refractivity contribution is 0.399. The zero-order valence-corrected chi connectivity index (χ0v) is 13.7. The summed E-state index contributed by atoms with van der Waals surface area (Å²) in [6.45, 7) is 4.50. The number of hydrogen-bond acceptors (Lipinski definition) is 6. The third-order valence-electron chi connectivity index (χ3n) is 4.14. The molecule has 7 nitrogen and oxygen atoms in total. The molecule has 0 spiro atoms. The number of allylic oxidation sites excluding steroid dienone is 2. The van der Waals surface area contributed by atoms with Crippen LogP contribution in [0.15, 0.2) is 30.4 Å². The van der Waals surface area contributed by atoms with E-state index in [1.807, 2.05) is 19.1 Å². The smallest absolute Gasteiger partial charge is 0.145 e. The van der Waals surface area contributed by atoms with Gasteiger partial charge in [0.2, 0.25) is 0 Å². The molecule has 0 bridgehead atoms. The number of nitrogens with one attached hydrogen (secondary N) is 1. The van der Waals surface area contributed by atoms with E-state index in [2.05, 4.69) is 27.4 Å². The van der Waals surface area contributed by atoms with Gasteiger partial charge in [0.1, 0.15) is 17.8 Å². The summed E-state index contributed by atoms with van der Waals surface area (Å²) in [5.41, 5.74) is 13.8. The third-order valence-corrected chi connectivity index (χ3v) is 4.14. The van der Waals surface area contributed by atoms with E-state index in [-0.39, 0.29) is 0 Å². The molecule has 1 aliphatic rings. The number of aromatic nitrogens is 3. The van der Waals surface area contributed by atoms with Crippen molar-refractivity contribution in [2.24, 2.45) is 11.7 Å². The topological polar surface area (TPSA) is 127 Å². The molecule has 6 N–H and O–H groups in total. The number of hydrogen-bond donors (Lipinski definition) is 4. The van der Waals surface area contributed by atoms with E-state index in [4.69, 9.17) is 22.0 Å². The van der Waals surface area contributed by atoms with E-state index in [1.165, 1.54) is 6.33 Å². The molecule has 2 atom stereocenters. The van der Waals surface area contributed by atoms with Gasteiger partial charge in [0.05, 0.1) is 5.39 Å². The predicted octanol–water partition coefficient (Wildman–Crippen LogP) is 2.09. The fourth-order valence-corrected chi connectivity index (χ4v) is 3.03. The summed E-state index contributed by atoms with van der Waals surface area (Å²) in [5, 5.41) is 13.4. The maximum Gasteiger partial charge on any atom is 0.145 e. The van der Waals surface area contributed by atoms with E-state index >= 15 is 0 Å². The first-order valence-corrected chi connectivity index (χ1v) is 7.49. The Labute approximate surface area is 136 Å². The van der Waals surface area contributed by atoms with Crippen LogP contribution in [0.5, 0.6) is 0 Å². The van der Waals surface area contributed by atoms with Gasteiger partial charge < -0.3 is 26.6 Å². The van der Waals surface area contributed by atoms with Gasteiger partial charge in [-0.1, -0.05) is 6.08 Å². The minimum absolute atomic E-state index is 0.454. The van der Waals surface area contributed by atoms with E-state index in [9.17, 15) is 0 Å². The molecule has 2 aromatic heterocycles. The highest BCUT2D eigenvalue weighted by Gasteiger charge is 2.28. The van der Waals surface area contributed by atoms with Crippen molar-refractivity contribution in [1.29, 1.82) is 5.41 Å². The number of rotatable bonds is 2. The highest BCUT2D eigenvalue weighted by atomic mass is 16.2. The first-order chi connectivity index (χ1) is 11.2. The Kier molecular flexibility index (Phi) is 7.21. The summed E-state index contributed by atoms with van der Waals surface area (Å²) < 4.78 is 2.22. The van der Waals surface area contributed by atoms with Crippen LogP contribution in [0.2, 0.25) is 0 Å². The molecule has 0 radical (unpaired) electrons. The molecule has 0 amide bonds. The summed E-state index contributed by atoms with van der Waals surface area (Å²) in [4.78, 5) is 8.39. The molecule has 7 heteroatoms. The van der Waals surface area contributed by atoms with Crippen LogP contribution >= 0.6 is 0 Å². The quantitative estimate of drug-likeness (QED) is 0.631. The lowest BCUT2D eigenvalue weighted by Gasteiger charge is -2.14. The van der Waals surface area contributed by atoms with Crippen molar-refractivity contribution < 1.29 is 5.11 Å². The molecule has 3 rings (SSSR count). The van der Waals surface area contributed by atoms with Crippen molar-refractivity contribution in [3.8, 4) is 0 Å². The van der Waals surface area contributed by atoms with Gasteiger partial charge in [0.15, 0.2) is 0 Å². The molecule has 1 fully saturated rings. The average Bonchev–Trinajstić information content (AvgIpc) is 3.25. The number of nitrogens with two attached hydrogens (primary N) is 2. The second kappa shape index (κ2) is 8.89. The second-order valence-electron chi connectivity index (χ2n) is 5.17. The fraction of sp³-hybridized carbons (Fsp3) is 0.438. The van der Waals surface area contributed by atoms with Crippen molar-refractivity contribution in [2.45, 2.75) is 32.2 Å². The largest absolute Gasteiger partial charge is 0.402 e. The molecule has 2 aromatic rings. The van der Waals surface area contributed by atoms with Gasteiger partial charge in [-0.15, -0.1) is 0 Å². The van der Waals surface area contributed by atoms with E-state index in [0.29, 0.717) is 17.8 Å². The zero-order valence-electron chi connectivity index (χ0n) is 13.7. The van der Waals surface area contributed by atoms with Gasteiger partial charge in [-0.3, -0.25) is 0 Å². The van der Waals surface area contributed by atoms with Crippen LogP contribution in [0.25, 0.3) is 11.0 Å². The maximum atomic E-state index is 7.00. The Morgan fingerprint density at radius 1 is 1.39 bits per heavy atom. The van der Waals surface area contributed by atoms with Gasteiger partial charge in [0.25, 0.3) is 0 Å². The van der Waals surface area contributed by atoms with E-state index in [0.717, 1.165) is 43.1 Å². The number of anilines is 1. The molecule has 2 unspecified atom stereocenters. The van der Waals surface area contributed by atoms with Gasteiger partial charge in [0, 0.05) is 31.0 Å². The molecule has 1 aliphatic carbocycles. The summed E-state index contributed by atoms with van der Waals surface area (Å²) in [6.07, 6.45) is 8.95. The lowest BCUT2D eigenvalue weighted by atomic mass is 10.0. The van der Waals surface area contributed by atoms with E-state index in [1.54, 1.807) is 0 Å². The minimum atomic E-state index is 0.454. The van der Waals surface area contributed by atoms with Crippen LogP contribution in [0.4, 0.5) is 5.82 Å². The fourth-order valence-electron chi connectivity index (χ4n) is 3.03. The van der Waals surface area contributed by atoms with Crippen molar-refractivity contribution in [2.75, 3.05) is 12.8 Å². The molecular formula is C16H26N6O. The Balaban J connectivity index is 0.000000615. The van der Waals surface area contributed by atoms with Crippen LogP contribution in [0.3, 0.4) is 0 Å². The highest BCUT2D eigenvalue weighted by molar-refractivity contribution is 5.86. The Bertz CT molecular complexity index is 651. The zero-order chi connectivity index (χ0) is 17.4. The molecule has 1 saturated carbocycles. The minimum Gasteiger partial charge on any atom is -0.402 e. The molecule has 2 heterocycles. The number of nitrogen functional groups attached to an aromatic ring is 1. The van der Waals surface area contributed by atoms with Crippen LogP contribution in [-0.2, 0) is 0 Å². The summed E-state index contributed by atoms with van der Waals surface area (Å²) in [6, 6.07) is 2.45. The monoisotopic (exact) mass is 318 g/mol. The lowest BCUT2D eigenvalue weighted by Crippen LogP contribution is -2.10. The van der Waals surface area contributed by atoms with Crippen LogP contribution in [0.1, 0.15) is 32.2 Å². The van der Waals surface area contributed by atoms with Crippen LogP contribution in [-0.4, -0.2) is 33.5 Å². The SMILES string of the molecule is C/C=C(\N)C1CCC(n2ccc3c(N)ncnc32)C1.C=N.CO. The molecular weight excluding hydrogens is 292 g/mol. The highest BCUT2D eigenvalue weighted by Crippen LogP contribution is 2.38. The molecule has 0 aliphatic heterocycles. The van der Waals surface area contributed by atoms with Gasteiger partial charge in [-0.2, -0.15) is 0 Å². The van der Waals surface area contributed by atoms with Crippen molar-refractivity contribution in [3.63, 3.8) is 0 Å². The van der Waals surface area contributed by atoms with Crippen molar-refractivity contribution in [3.05, 3.63) is 30.4 Å². The van der Waals surface area contributed by atoms with Gasteiger partial charge in [-0.25, -0.2) is 9.97 Å². The first-order valence-electron chi connectivity index (χ1n) is 7.49. The van der Waals surface area contributed by atoms with Crippen LogP contribution in [0, 0.1) is 11.3 Å². The molecule has 126 valence electrons. The maximum absolute atomic E-state index is 7.00. The normalized spacial score (nSPS) is 20.4. The summed E-state index contributed by atoms with van der Waals surface area (Å²) in [7, 11) is 1.00. The first kappa shape index (κ1) is 18.6. The number of nitrogens with zero attached hydrogens (tertiary/aromatic N) is 3. The number of fused-ring (bicyclic) bond motifs is 1. The Morgan fingerprint density at radius 3 is 2.74 bits per heavy atom. The van der Waals surface area contributed by atoms with Gasteiger partial charge >= 0.3 is 0 Å². The summed E-state index contributed by atoms with van der Waals surface area (Å²) >= 11 is 0. The molecule has 0 aromatic carbocycles. The average molecular weight is 318 g/mol. The summed E-state index contributed by atoms with van der Waals surface area (Å²) in [5.74, 6) is 1.04. The Morgan fingerprint density at radius 2 is 2.09 bits per heavy atom. The third kappa shape index (κ3) is 3.87. The number of aliphatic hydroxyl groups excluding tert-OH is 1. The van der Waals surface area contributed by atoms with E-state index < -0.39 is 0 Å². The number of aliphatic hydroxyl groups is 1. The molecule has 0 saturated heterocycles. The van der Waals surface area contributed by atoms with Gasteiger partial charge in [-0.05, 0) is 39.0 Å². The standard InChI is InChI=1S/C14H19N5.CH3N.CH4O/c1-2-12(15)9-3-4-10(7-9)19-6-5-11-13(16)17-8-18-14(11)19;2*1-2/h2,5-6,8-10H,3-4,7,15H2,1H3,(H2,16,17,18);2H,1H2;2H,1H3/b12-2-;;. The van der Waals surface area contributed by atoms with Crippen molar-refractivity contribution >= 4 is 23.6 Å². The Hall–Kier alpha value is -2.41. The van der Waals surface area contributed by atoms with Crippen LogP contribution < -0.4 is 11.5 Å². The second-order valence-corrected chi connectivity index (χ2v) is 5.17. The molecule has 23 heavy (non-hydrogen) atoms.